The van der Waals surface area contributed by atoms with Gasteiger partial charge in [0.1, 0.15) is 17.3 Å². The normalized spacial score (nSPS) is 11.9. The van der Waals surface area contributed by atoms with Crippen LogP contribution in [0.1, 0.15) is 5.69 Å². The summed E-state index contributed by atoms with van der Waals surface area (Å²) in [6, 6.07) is 1.07. The Morgan fingerprint density at radius 2 is 1.76 bits per heavy atom. The fraction of sp³-hybridized carbons (Fsp3) is 0.231. The minimum Gasteiger partial charge on any atom is -0.433 e. The number of halogens is 7. The van der Waals surface area contributed by atoms with Crippen LogP contribution < -0.4 is 16.0 Å². The smallest absolute Gasteiger partial charge is 0.431 e. The van der Waals surface area contributed by atoms with Crippen molar-refractivity contribution in [3.05, 3.63) is 55.6 Å². The van der Waals surface area contributed by atoms with E-state index in [1.807, 2.05) is 0 Å². The molecule has 1 aromatic heterocycles. The molecule has 2 rings (SSSR count). The van der Waals surface area contributed by atoms with E-state index in [0.717, 1.165) is 0 Å². The highest BCUT2D eigenvalue weighted by Crippen LogP contribution is 2.31. The number of alkyl halides is 5. The van der Waals surface area contributed by atoms with Crippen LogP contribution in [0.25, 0.3) is 5.69 Å². The van der Waals surface area contributed by atoms with Crippen LogP contribution in [0.5, 0.6) is 5.75 Å². The third-order valence-corrected chi connectivity index (χ3v) is 3.36. The Balaban J connectivity index is 2.78. The molecule has 0 amide bonds. The third-order valence-electron chi connectivity index (χ3n) is 3.07. The SMILES string of the molecule is Cn1c(C(F)(F)F)cc(=O)n(-c2cc(OC(F)F)c(Cl)cc2F)c1=O. The molecule has 0 aliphatic rings. The van der Waals surface area contributed by atoms with Crippen molar-refractivity contribution in [1.29, 1.82) is 0 Å². The first-order valence-electron chi connectivity index (χ1n) is 6.28. The van der Waals surface area contributed by atoms with Crippen LogP contribution in [0.4, 0.5) is 26.3 Å². The molecule has 5 nitrogen and oxygen atoms in total. The van der Waals surface area contributed by atoms with Crippen LogP contribution in [0.2, 0.25) is 5.02 Å². The summed E-state index contributed by atoms with van der Waals surface area (Å²) in [7, 11) is 0.714. The average Bonchev–Trinajstić information content (AvgIpc) is 2.45. The highest BCUT2D eigenvalue weighted by atomic mass is 35.5. The Morgan fingerprint density at radius 3 is 2.28 bits per heavy atom. The largest absolute Gasteiger partial charge is 0.433 e. The molecule has 1 aromatic carbocycles. The van der Waals surface area contributed by atoms with Crippen molar-refractivity contribution in [3.63, 3.8) is 0 Å². The lowest BCUT2D eigenvalue weighted by atomic mass is 10.2. The summed E-state index contributed by atoms with van der Waals surface area (Å²) >= 11 is 5.51. The number of hydrogen-bond donors (Lipinski definition) is 0. The van der Waals surface area contributed by atoms with E-state index in [1.54, 1.807) is 0 Å². The molecule has 0 atom stereocenters. The molecule has 136 valence electrons. The number of aromatic nitrogens is 2. The molecular weight excluding hydrogens is 382 g/mol. The number of hydrogen-bond acceptors (Lipinski definition) is 3. The van der Waals surface area contributed by atoms with Gasteiger partial charge in [-0.3, -0.25) is 9.36 Å². The van der Waals surface area contributed by atoms with Gasteiger partial charge in [-0.1, -0.05) is 11.6 Å². The lowest BCUT2D eigenvalue weighted by Gasteiger charge is -2.15. The molecule has 0 radical (unpaired) electrons. The maximum Gasteiger partial charge on any atom is 0.431 e. The number of ether oxygens (including phenoxy) is 1. The zero-order valence-electron chi connectivity index (χ0n) is 12.1. The molecule has 0 unspecified atom stereocenters. The Bertz CT molecular complexity index is 935. The van der Waals surface area contributed by atoms with Gasteiger partial charge in [-0.2, -0.15) is 22.0 Å². The highest BCUT2D eigenvalue weighted by Gasteiger charge is 2.35. The van der Waals surface area contributed by atoms with Gasteiger partial charge in [0.15, 0.2) is 0 Å². The molecule has 1 heterocycles. The van der Waals surface area contributed by atoms with Gasteiger partial charge in [0.25, 0.3) is 5.56 Å². The van der Waals surface area contributed by atoms with Crippen molar-refractivity contribution in [2.45, 2.75) is 12.8 Å². The van der Waals surface area contributed by atoms with E-state index in [9.17, 15) is 35.9 Å². The van der Waals surface area contributed by atoms with Gasteiger partial charge in [0.2, 0.25) is 0 Å². The zero-order chi connectivity index (χ0) is 19.1. The second kappa shape index (κ2) is 6.47. The number of rotatable bonds is 3. The summed E-state index contributed by atoms with van der Waals surface area (Å²) in [6.45, 7) is -3.34. The van der Waals surface area contributed by atoms with Crippen LogP contribution in [0.3, 0.4) is 0 Å². The lowest BCUT2D eigenvalue weighted by molar-refractivity contribution is -0.144. The van der Waals surface area contributed by atoms with E-state index in [0.29, 0.717) is 19.2 Å². The molecule has 0 saturated heterocycles. The maximum atomic E-state index is 14.0. The van der Waals surface area contributed by atoms with Crippen molar-refractivity contribution < 1.29 is 31.1 Å². The van der Waals surface area contributed by atoms with Gasteiger partial charge >= 0.3 is 18.5 Å². The molecule has 0 fully saturated rings. The summed E-state index contributed by atoms with van der Waals surface area (Å²) < 4.78 is 81.1. The Kier molecular flexibility index (Phi) is 4.89. The predicted molar refractivity (Wildman–Crippen MR) is 73.9 cm³/mol. The quantitative estimate of drug-likeness (QED) is 0.760. The zero-order valence-corrected chi connectivity index (χ0v) is 12.8. The lowest BCUT2D eigenvalue weighted by Crippen LogP contribution is -2.41. The van der Waals surface area contributed by atoms with Crippen molar-refractivity contribution in [2.24, 2.45) is 7.05 Å². The van der Waals surface area contributed by atoms with Gasteiger partial charge in [-0.05, 0) is 6.07 Å². The van der Waals surface area contributed by atoms with Gasteiger partial charge in [-0.15, -0.1) is 0 Å². The first kappa shape index (κ1) is 18.9. The molecule has 2 aromatic rings. The van der Waals surface area contributed by atoms with Gasteiger partial charge in [0, 0.05) is 19.2 Å². The topological polar surface area (TPSA) is 53.2 Å². The minimum atomic E-state index is -5.01. The Morgan fingerprint density at radius 1 is 1.16 bits per heavy atom. The first-order valence-corrected chi connectivity index (χ1v) is 6.65. The van der Waals surface area contributed by atoms with Crippen molar-refractivity contribution in [3.8, 4) is 11.4 Å². The van der Waals surface area contributed by atoms with Crippen LogP contribution in [0, 0.1) is 5.82 Å². The van der Waals surface area contributed by atoms with Crippen LogP contribution in [-0.4, -0.2) is 15.7 Å². The van der Waals surface area contributed by atoms with E-state index in [1.165, 1.54) is 0 Å². The van der Waals surface area contributed by atoms with Crippen LogP contribution in [0.15, 0.2) is 27.8 Å². The average molecular weight is 389 g/mol. The van der Waals surface area contributed by atoms with Gasteiger partial charge in [0.05, 0.1) is 10.7 Å². The fourth-order valence-corrected chi connectivity index (χ4v) is 2.19. The third kappa shape index (κ3) is 3.65. The van der Waals surface area contributed by atoms with E-state index < -0.39 is 52.0 Å². The van der Waals surface area contributed by atoms with Crippen LogP contribution in [-0.2, 0) is 13.2 Å². The summed E-state index contributed by atoms with van der Waals surface area (Å²) in [5, 5.41) is -0.585. The van der Waals surface area contributed by atoms with Crippen molar-refractivity contribution in [2.75, 3.05) is 0 Å². The number of nitrogens with zero attached hydrogens (tertiary/aromatic N) is 2. The second-order valence-corrected chi connectivity index (χ2v) is 5.06. The summed E-state index contributed by atoms with van der Waals surface area (Å²) in [4.78, 5) is 24.0. The molecule has 0 bridgehead atoms. The van der Waals surface area contributed by atoms with E-state index in [2.05, 4.69) is 4.74 Å². The maximum absolute atomic E-state index is 14.0. The molecule has 0 aliphatic heterocycles. The monoisotopic (exact) mass is 388 g/mol. The van der Waals surface area contributed by atoms with Crippen molar-refractivity contribution in [1.82, 2.24) is 9.13 Å². The summed E-state index contributed by atoms with van der Waals surface area (Å²) in [5.74, 6) is -2.06. The molecular formula is C13H7ClF6N2O3. The first-order chi connectivity index (χ1) is 11.4. The van der Waals surface area contributed by atoms with Crippen LogP contribution >= 0.6 is 11.6 Å². The summed E-state index contributed by atoms with van der Waals surface area (Å²) in [6.07, 6.45) is -5.01. The standard InChI is InChI=1S/C13H7ClF6N2O3/c1-21-9(13(18,19)20)4-10(23)22(12(21)24)7-3-8(25-11(16)17)5(14)2-6(7)15/h2-4,11H,1H3. The van der Waals surface area contributed by atoms with E-state index in [4.69, 9.17) is 11.6 Å². The molecule has 0 saturated carbocycles. The van der Waals surface area contributed by atoms with Crippen molar-refractivity contribution >= 4 is 11.6 Å². The Hall–Kier alpha value is -2.43. The van der Waals surface area contributed by atoms with Gasteiger partial charge in [-0.25, -0.2) is 13.8 Å². The minimum absolute atomic E-state index is 0.0409. The number of benzene rings is 1. The molecule has 25 heavy (non-hydrogen) atoms. The molecule has 0 aliphatic carbocycles. The van der Waals surface area contributed by atoms with E-state index >= 15 is 0 Å². The molecule has 0 N–H and O–H groups in total. The van der Waals surface area contributed by atoms with E-state index in [-0.39, 0.29) is 15.2 Å². The summed E-state index contributed by atoms with van der Waals surface area (Å²) in [5.41, 5.74) is -5.50. The second-order valence-electron chi connectivity index (χ2n) is 4.66. The fourth-order valence-electron chi connectivity index (χ4n) is 2.00. The molecule has 0 spiro atoms. The predicted octanol–water partition coefficient (Wildman–Crippen LogP) is 2.95. The Labute approximate surface area is 139 Å². The van der Waals surface area contributed by atoms with Gasteiger partial charge < -0.3 is 4.74 Å². The molecule has 12 heteroatoms. The highest BCUT2D eigenvalue weighted by molar-refractivity contribution is 6.32.